The van der Waals surface area contributed by atoms with E-state index in [1.54, 1.807) is 0 Å². The molecule has 1 aromatic rings. The van der Waals surface area contributed by atoms with E-state index < -0.39 is 0 Å². The van der Waals surface area contributed by atoms with Crippen LogP contribution in [0.1, 0.15) is 4.88 Å². The van der Waals surface area contributed by atoms with Gasteiger partial charge in [-0.1, -0.05) is 11.6 Å². The smallest absolute Gasteiger partial charge is 0.238 e. The summed E-state index contributed by atoms with van der Waals surface area (Å²) in [6.07, 6.45) is 0.766. The van der Waals surface area contributed by atoms with Gasteiger partial charge in [0.2, 0.25) is 11.8 Å². The Kier molecular flexibility index (Phi) is 4.57. The lowest BCUT2D eigenvalue weighted by molar-refractivity contribution is -0.126. The van der Waals surface area contributed by atoms with Crippen LogP contribution in [0.2, 0.25) is 4.34 Å². The van der Waals surface area contributed by atoms with Crippen molar-refractivity contribution in [2.24, 2.45) is 0 Å². The summed E-state index contributed by atoms with van der Waals surface area (Å²) < 4.78 is 0.757. The van der Waals surface area contributed by atoms with Crippen molar-refractivity contribution in [3.63, 3.8) is 0 Å². The van der Waals surface area contributed by atoms with E-state index >= 15 is 0 Å². The minimum Gasteiger partial charge on any atom is -0.354 e. The molecule has 18 heavy (non-hydrogen) atoms. The Hall–Kier alpha value is -1.11. The number of hydrogen-bond donors (Lipinski definition) is 3. The normalized spacial score (nSPS) is 19.4. The number of halogens is 1. The minimum atomic E-state index is -0.338. The molecule has 0 radical (unpaired) electrons. The molecule has 2 rings (SSSR count). The van der Waals surface area contributed by atoms with Crippen LogP contribution in [0.25, 0.3) is 0 Å². The number of amides is 2. The van der Waals surface area contributed by atoms with Gasteiger partial charge in [0.1, 0.15) is 6.04 Å². The van der Waals surface area contributed by atoms with Crippen LogP contribution >= 0.6 is 22.9 Å². The predicted octanol–water partition coefficient (Wildman–Crippen LogP) is 0.148. The van der Waals surface area contributed by atoms with Crippen LogP contribution in [-0.2, 0) is 16.0 Å². The Balaban J connectivity index is 1.70. The highest BCUT2D eigenvalue weighted by atomic mass is 35.5. The van der Waals surface area contributed by atoms with Gasteiger partial charge in [0, 0.05) is 18.0 Å². The van der Waals surface area contributed by atoms with E-state index in [2.05, 4.69) is 16.0 Å². The number of piperazine rings is 1. The quantitative estimate of drug-likeness (QED) is 0.738. The highest BCUT2D eigenvalue weighted by Gasteiger charge is 2.23. The molecule has 1 fully saturated rings. The van der Waals surface area contributed by atoms with Crippen LogP contribution in [-0.4, -0.2) is 37.5 Å². The molecular formula is C11H14ClN3O2S. The molecular weight excluding hydrogens is 274 g/mol. The molecule has 0 saturated carbocycles. The fourth-order valence-corrected chi connectivity index (χ4v) is 2.76. The van der Waals surface area contributed by atoms with E-state index in [4.69, 9.17) is 11.6 Å². The van der Waals surface area contributed by atoms with E-state index in [-0.39, 0.29) is 24.4 Å². The summed E-state index contributed by atoms with van der Waals surface area (Å²) in [5, 5.41) is 8.36. The van der Waals surface area contributed by atoms with Crippen molar-refractivity contribution in [2.75, 3.05) is 19.6 Å². The average Bonchev–Trinajstić information content (AvgIpc) is 2.76. The third kappa shape index (κ3) is 3.69. The van der Waals surface area contributed by atoms with Crippen molar-refractivity contribution in [3.8, 4) is 0 Å². The molecule has 1 saturated heterocycles. The molecule has 0 aliphatic carbocycles. The lowest BCUT2D eigenvalue weighted by Gasteiger charge is -2.23. The first-order chi connectivity index (χ1) is 8.65. The number of rotatable bonds is 4. The van der Waals surface area contributed by atoms with Crippen LogP contribution in [0.5, 0.6) is 0 Å². The minimum absolute atomic E-state index is 0.0766. The molecule has 0 bridgehead atoms. The predicted molar refractivity (Wildman–Crippen MR) is 70.8 cm³/mol. The number of carbonyl (C=O) groups excluding carboxylic acids is 2. The first kappa shape index (κ1) is 13.3. The summed E-state index contributed by atoms with van der Waals surface area (Å²) in [7, 11) is 0. The Morgan fingerprint density at radius 3 is 3.00 bits per heavy atom. The van der Waals surface area contributed by atoms with Gasteiger partial charge in [0.15, 0.2) is 0 Å². The van der Waals surface area contributed by atoms with Gasteiger partial charge < -0.3 is 10.6 Å². The van der Waals surface area contributed by atoms with E-state index in [1.165, 1.54) is 11.3 Å². The molecule has 1 atom stereocenters. The van der Waals surface area contributed by atoms with Gasteiger partial charge in [0.05, 0.1) is 10.9 Å². The average molecular weight is 288 g/mol. The summed E-state index contributed by atoms with van der Waals surface area (Å²) in [5.41, 5.74) is 0. The maximum absolute atomic E-state index is 11.8. The molecule has 98 valence electrons. The van der Waals surface area contributed by atoms with Gasteiger partial charge in [-0.2, -0.15) is 0 Å². The van der Waals surface area contributed by atoms with Gasteiger partial charge in [-0.3, -0.25) is 14.9 Å². The zero-order valence-electron chi connectivity index (χ0n) is 9.66. The zero-order valence-corrected chi connectivity index (χ0v) is 11.2. The number of thiophene rings is 1. The van der Waals surface area contributed by atoms with Gasteiger partial charge in [-0.25, -0.2) is 0 Å². The van der Waals surface area contributed by atoms with Crippen LogP contribution in [0, 0.1) is 0 Å². The monoisotopic (exact) mass is 287 g/mol. The van der Waals surface area contributed by atoms with Crippen LogP contribution < -0.4 is 16.0 Å². The summed E-state index contributed by atoms with van der Waals surface area (Å²) >= 11 is 7.34. The van der Waals surface area contributed by atoms with E-state index in [0.717, 1.165) is 15.6 Å². The second-order valence-corrected chi connectivity index (χ2v) is 5.78. The Bertz CT molecular complexity index is 439. The lowest BCUT2D eigenvalue weighted by atomic mass is 10.2. The molecule has 5 nitrogen and oxygen atoms in total. The van der Waals surface area contributed by atoms with Crippen molar-refractivity contribution >= 4 is 34.8 Å². The van der Waals surface area contributed by atoms with Crippen molar-refractivity contribution in [1.29, 1.82) is 0 Å². The lowest BCUT2D eigenvalue weighted by Crippen LogP contribution is -2.58. The second kappa shape index (κ2) is 6.17. The highest BCUT2D eigenvalue weighted by molar-refractivity contribution is 7.16. The highest BCUT2D eigenvalue weighted by Crippen LogP contribution is 2.21. The van der Waals surface area contributed by atoms with Crippen molar-refractivity contribution in [1.82, 2.24) is 16.0 Å². The second-order valence-electron chi connectivity index (χ2n) is 3.98. The molecule has 7 heteroatoms. The summed E-state index contributed by atoms with van der Waals surface area (Å²) in [6, 6.07) is 3.47. The molecule has 1 unspecified atom stereocenters. The molecule has 1 aliphatic rings. The first-order valence-electron chi connectivity index (χ1n) is 5.67. The molecule has 2 heterocycles. The molecule has 1 aliphatic heterocycles. The maximum atomic E-state index is 11.8. The number of hydrogen-bond acceptors (Lipinski definition) is 4. The number of nitrogens with one attached hydrogen (secondary N) is 3. The SMILES string of the molecule is O=C1CNC(C(=O)NCCc2ccc(Cl)s2)CN1. The Morgan fingerprint density at radius 2 is 2.39 bits per heavy atom. The van der Waals surface area contributed by atoms with Crippen molar-refractivity contribution in [2.45, 2.75) is 12.5 Å². The molecule has 0 spiro atoms. The van der Waals surface area contributed by atoms with Gasteiger partial charge in [-0.05, 0) is 18.6 Å². The van der Waals surface area contributed by atoms with E-state index in [1.807, 2.05) is 12.1 Å². The summed E-state index contributed by atoms with van der Waals surface area (Å²) in [6.45, 7) is 1.11. The van der Waals surface area contributed by atoms with Gasteiger partial charge >= 0.3 is 0 Å². The van der Waals surface area contributed by atoms with Gasteiger partial charge in [-0.15, -0.1) is 11.3 Å². The van der Waals surface area contributed by atoms with Crippen molar-refractivity contribution in [3.05, 3.63) is 21.3 Å². The first-order valence-corrected chi connectivity index (χ1v) is 6.86. The fourth-order valence-electron chi connectivity index (χ4n) is 1.67. The van der Waals surface area contributed by atoms with Crippen molar-refractivity contribution < 1.29 is 9.59 Å². The van der Waals surface area contributed by atoms with Crippen LogP contribution in [0.3, 0.4) is 0 Å². The molecule has 2 amide bonds. The number of carbonyl (C=O) groups is 2. The largest absolute Gasteiger partial charge is 0.354 e. The zero-order chi connectivity index (χ0) is 13.0. The van der Waals surface area contributed by atoms with E-state index in [0.29, 0.717) is 13.1 Å². The summed E-state index contributed by atoms with van der Waals surface area (Å²) in [5.74, 6) is -0.162. The van der Waals surface area contributed by atoms with Gasteiger partial charge in [0.25, 0.3) is 0 Å². The third-order valence-electron chi connectivity index (χ3n) is 2.63. The standard InChI is InChI=1S/C11H14ClN3O2S/c12-9-2-1-7(18-9)3-4-13-11(17)8-5-15-10(16)6-14-8/h1-2,8,14H,3-6H2,(H,13,17)(H,15,16). The Morgan fingerprint density at radius 1 is 1.56 bits per heavy atom. The molecule has 1 aromatic heterocycles. The molecule has 0 aromatic carbocycles. The van der Waals surface area contributed by atoms with Crippen LogP contribution in [0.15, 0.2) is 12.1 Å². The summed E-state index contributed by atoms with van der Waals surface area (Å²) in [4.78, 5) is 23.8. The molecule has 3 N–H and O–H groups in total. The third-order valence-corrected chi connectivity index (χ3v) is 3.92. The van der Waals surface area contributed by atoms with Crippen LogP contribution in [0.4, 0.5) is 0 Å². The topological polar surface area (TPSA) is 70.2 Å². The van der Waals surface area contributed by atoms with E-state index in [9.17, 15) is 9.59 Å². The maximum Gasteiger partial charge on any atom is 0.238 e. The Labute approximate surface area is 114 Å². The fraction of sp³-hybridized carbons (Fsp3) is 0.455.